The van der Waals surface area contributed by atoms with E-state index in [2.05, 4.69) is 0 Å². The summed E-state index contributed by atoms with van der Waals surface area (Å²) < 4.78 is 11.4. The van der Waals surface area contributed by atoms with Crippen molar-refractivity contribution in [3.05, 3.63) is 40.4 Å². The van der Waals surface area contributed by atoms with Gasteiger partial charge in [0.2, 0.25) is 0 Å². The maximum Gasteiger partial charge on any atom is 0.172 e. The maximum absolute atomic E-state index is 11.4. The lowest BCUT2D eigenvalue weighted by Crippen LogP contribution is -2.33. The Kier molecular flexibility index (Phi) is 3.44. The summed E-state index contributed by atoms with van der Waals surface area (Å²) >= 11 is 5.89. The molecule has 0 amide bonds. The Labute approximate surface area is 117 Å². The van der Waals surface area contributed by atoms with Crippen LogP contribution in [-0.2, 0) is 14.3 Å². The van der Waals surface area contributed by atoms with Crippen LogP contribution in [0.25, 0.3) is 5.57 Å². The molecule has 19 heavy (non-hydrogen) atoms. The van der Waals surface area contributed by atoms with Crippen molar-refractivity contribution in [2.75, 3.05) is 13.2 Å². The minimum absolute atomic E-state index is 0.536. The van der Waals surface area contributed by atoms with E-state index in [1.807, 2.05) is 24.3 Å². The van der Waals surface area contributed by atoms with Gasteiger partial charge in [-0.1, -0.05) is 23.7 Å². The lowest BCUT2D eigenvalue weighted by Gasteiger charge is -2.33. The van der Waals surface area contributed by atoms with Gasteiger partial charge in [0.05, 0.1) is 13.2 Å². The van der Waals surface area contributed by atoms with E-state index in [4.69, 9.17) is 21.1 Å². The second-order valence-corrected chi connectivity index (χ2v) is 5.35. The van der Waals surface area contributed by atoms with Gasteiger partial charge in [0.25, 0.3) is 0 Å². The summed E-state index contributed by atoms with van der Waals surface area (Å²) in [6.07, 6.45) is 3.04. The normalized spacial score (nSPS) is 21.9. The molecule has 0 saturated carbocycles. The predicted octanol–water partition coefficient (Wildman–Crippen LogP) is 3.22. The standard InChI is InChI=1S/C15H15ClO3/c16-13-3-1-11(2-4-13)14-5-6-15(9-12(14)10-17)18-7-8-19-15/h1-4,10H,5-9H2. The van der Waals surface area contributed by atoms with E-state index >= 15 is 0 Å². The molecule has 100 valence electrons. The van der Waals surface area contributed by atoms with E-state index < -0.39 is 5.79 Å². The summed E-state index contributed by atoms with van der Waals surface area (Å²) in [5.41, 5.74) is 2.91. The fourth-order valence-electron chi connectivity index (χ4n) is 2.80. The Morgan fingerprint density at radius 1 is 1.16 bits per heavy atom. The molecular weight excluding hydrogens is 264 g/mol. The van der Waals surface area contributed by atoms with Crippen molar-refractivity contribution in [1.82, 2.24) is 0 Å². The molecule has 2 aliphatic rings. The minimum Gasteiger partial charge on any atom is -0.347 e. The van der Waals surface area contributed by atoms with E-state index in [9.17, 15) is 4.79 Å². The number of carbonyl (C=O) groups is 1. The number of rotatable bonds is 2. The first-order chi connectivity index (χ1) is 9.22. The number of hydrogen-bond donors (Lipinski definition) is 0. The van der Waals surface area contributed by atoms with Crippen molar-refractivity contribution in [2.24, 2.45) is 0 Å². The fourth-order valence-corrected chi connectivity index (χ4v) is 2.92. The zero-order valence-corrected chi connectivity index (χ0v) is 11.3. The van der Waals surface area contributed by atoms with E-state index in [1.54, 1.807) is 0 Å². The number of hydrogen-bond acceptors (Lipinski definition) is 3. The molecule has 1 aromatic rings. The Balaban J connectivity index is 1.93. The number of carbonyl (C=O) groups excluding carboxylic acids is 1. The highest BCUT2D eigenvalue weighted by Crippen LogP contribution is 2.41. The second kappa shape index (κ2) is 5.08. The highest BCUT2D eigenvalue weighted by Gasteiger charge is 2.40. The molecule has 0 aromatic heterocycles. The molecule has 3 nitrogen and oxygen atoms in total. The predicted molar refractivity (Wildman–Crippen MR) is 72.9 cm³/mol. The van der Waals surface area contributed by atoms with Crippen LogP contribution in [0.5, 0.6) is 0 Å². The van der Waals surface area contributed by atoms with Crippen molar-refractivity contribution >= 4 is 23.5 Å². The van der Waals surface area contributed by atoms with Crippen molar-refractivity contribution in [1.29, 1.82) is 0 Å². The first-order valence-corrected chi connectivity index (χ1v) is 6.81. The lowest BCUT2D eigenvalue weighted by molar-refractivity contribution is -0.162. The van der Waals surface area contributed by atoms with Crippen LogP contribution in [0.4, 0.5) is 0 Å². The van der Waals surface area contributed by atoms with Crippen LogP contribution in [0.2, 0.25) is 5.02 Å². The summed E-state index contributed by atoms with van der Waals surface area (Å²) in [5, 5.41) is 0.701. The van der Waals surface area contributed by atoms with Gasteiger partial charge in [0.1, 0.15) is 6.29 Å². The topological polar surface area (TPSA) is 35.5 Å². The lowest BCUT2D eigenvalue weighted by atomic mass is 9.84. The fraction of sp³-hybridized carbons (Fsp3) is 0.400. The molecule has 3 rings (SSSR count). The molecule has 0 N–H and O–H groups in total. The van der Waals surface area contributed by atoms with Gasteiger partial charge in [-0.3, -0.25) is 4.79 Å². The van der Waals surface area contributed by atoms with Gasteiger partial charge in [0, 0.05) is 23.4 Å². The first kappa shape index (κ1) is 12.9. The van der Waals surface area contributed by atoms with Crippen molar-refractivity contribution in [3.63, 3.8) is 0 Å². The van der Waals surface area contributed by atoms with E-state index in [0.717, 1.165) is 35.8 Å². The molecule has 1 aliphatic carbocycles. The Bertz CT molecular complexity index is 513. The summed E-state index contributed by atoms with van der Waals surface area (Å²) in [7, 11) is 0. The molecule has 1 aliphatic heterocycles. The van der Waals surface area contributed by atoms with Gasteiger partial charge in [-0.15, -0.1) is 0 Å². The highest BCUT2D eigenvalue weighted by atomic mass is 35.5. The van der Waals surface area contributed by atoms with Gasteiger partial charge in [-0.25, -0.2) is 0 Å². The third-order valence-corrected chi connectivity index (χ3v) is 4.00. The quantitative estimate of drug-likeness (QED) is 0.779. The molecular formula is C15H15ClO3. The van der Waals surface area contributed by atoms with E-state index in [-0.39, 0.29) is 0 Å². The summed E-state index contributed by atoms with van der Waals surface area (Å²) in [4.78, 5) is 11.4. The molecule has 1 saturated heterocycles. The largest absolute Gasteiger partial charge is 0.347 e. The summed E-state index contributed by atoms with van der Waals surface area (Å²) in [5.74, 6) is -0.563. The number of ether oxygens (including phenoxy) is 2. The van der Waals surface area contributed by atoms with E-state index in [0.29, 0.717) is 24.7 Å². The minimum atomic E-state index is -0.563. The molecule has 1 fully saturated rings. The number of benzene rings is 1. The summed E-state index contributed by atoms with van der Waals surface area (Å²) in [6, 6.07) is 7.60. The second-order valence-electron chi connectivity index (χ2n) is 4.91. The van der Waals surface area contributed by atoms with E-state index in [1.165, 1.54) is 0 Å². The van der Waals surface area contributed by atoms with Crippen LogP contribution in [0.15, 0.2) is 29.8 Å². The number of aldehydes is 1. The molecule has 0 bridgehead atoms. The maximum atomic E-state index is 11.4. The van der Waals surface area contributed by atoms with Crippen molar-refractivity contribution in [2.45, 2.75) is 25.0 Å². The smallest absolute Gasteiger partial charge is 0.172 e. The molecule has 1 spiro atoms. The molecule has 0 atom stereocenters. The molecule has 1 aromatic carbocycles. The number of halogens is 1. The van der Waals surface area contributed by atoms with Crippen LogP contribution < -0.4 is 0 Å². The third kappa shape index (κ3) is 2.46. The Morgan fingerprint density at radius 2 is 1.84 bits per heavy atom. The summed E-state index contributed by atoms with van der Waals surface area (Å²) in [6.45, 7) is 1.23. The number of allylic oxidation sites excluding steroid dienone is 1. The van der Waals surface area contributed by atoms with Crippen LogP contribution in [0, 0.1) is 0 Å². The van der Waals surface area contributed by atoms with Gasteiger partial charge < -0.3 is 9.47 Å². The molecule has 0 unspecified atom stereocenters. The average molecular weight is 279 g/mol. The van der Waals surface area contributed by atoms with Crippen LogP contribution >= 0.6 is 11.6 Å². The van der Waals surface area contributed by atoms with Crippen LogP contribution in [0.3, 0.4) is 0 Å². The zero-order chi connectivity index (χ0) is 13.3. The molecule has 1 heterocycles. The SMILES string of the molecule is O=CC1=C(c2ccc(Cl)cc2)CCC2(C1)OCCO2. The first-order valence-electron chi connectivity index (χ1n) is 6.43. The highest BCUT2D eigenvalue weighted by molar-refractivity contribution is 6.30. The molecule has 4 heteroatoms. The third-order valence-electron chi connectivity index (χ3n) is 3.75. The average Bonchev–Trinajstić information content (AvgIpc) is 2.88. The van der Waals surface area contributed by atoms with Gasteiger partial charge in [-0.05, 0) is 29.7 Å². The van der Waals surface area contributed by atoms with Gasteiger partial charge in [0.15, 0.2) is 5.79 Å². The van der Waals surface area contributed by atoms with Crippen LogP contribution in [0.1, 0.15) is 24.8 Å². The van der Waals surface area contributed by atoms with Crippen LogP contribution in [-0.4, -0.2) is 25.3 Å². The Morgan fingerprint density at radius 3 is 2.47 bits per heavy atom. The van der Waals surface area contributed by atoms with Gasteiger partial charge in [-0.2, -0.15) is 0 Å². The monoisotopic (exact) mass is 278 g/mol. The van der Waals surface area contributed by atoms with Gasteiger partial charge >= 0.3 is 0 Å². The Hall–Kier alpha value is -1.16. The molecule has 0 radical (unpaired) electrons. The van der Waals surface area contributed by atoms with Crippen molar-refractivity contribution < 1.29 is 14.3 Å². The zero-order valence-electron chi connectivity index (χ0n) is 10.5. The van der Waals surface area contributed by atoms with Crippen molar-refractivity contribution in [3.8, 4) is 0 Å².